The highest BCUT2D eigenvalue weighted by atomic mass is 32.2. The maximum Gasteiger partial charge on any atom is 0.243 e. The minimum atomic E-state index is -3.38. The number of guanidine groups is 1. The second-order valence-corrected chi connectivity index (χ2v) is 8.88. The molecule has 0 spiro atoms. The molecule has 0 atom stereocenters. The van der Waals surface area contributed by atoms with Gasteiger partial charge in [-0.25, -0.2) is 8.42 Å². The van der Waals surface area contributed by atoms with E-state index in [1.807, 2.05) is 13.0 Å². The third-order valence-electron chi connectivity index (χ3n) is 4.95. The zero-order valence-electron chi connectivity index (χ0n) is 17.1. The summed E-state index contributed by atoms with van der Waals surface area (Å²) in [7, 11) is -1.61. The standard InChI is InChI=1S/C20H34N4O3S/c1-3-27-16-8-7-13-22-20(21-2)23-17-18-11-14-24(15-12-18)28(25,26)19-9-5-4-6-10-19/h4-6,9-10,18H,3,7-8,11-17H2,1-2H3,(H2,21,22,23). The first kappa shape index (κ1) is 22.6. The van der Waals surface area contributed by atoms with Gasteiger partial charge in [-0.1, -0.05) is 18.2 Å². The predicted molar refractivity (Wildman–Crippen MR) is 113 cm³/mol. The summed E-state index contributed by atoms with van der Waals surface area (Å²) in [6.07, 6.45) is 3.78. The SMILES string of the molecule is CCOCCCCNC(=NC)NCC1CCN(S(=O)(=O)c2ccccc2)CC1. The summed E-state index contributed by atoms with van der Waals surface area (Å²) in [6.45, 7) is 6.36. The highest BCUT2D eigenvalue weighted by Crippen LogP contribution is 2.23. The molecule has 7 nitrogen and oxygen atoms in total. The van der Waals surface area contributed by atoms with Crippen molar-refractivity contribution in [3.05, 3.63) is 30.3 Å². The molecule has 0 aliphatic carbocycles. The lowest BCUT2D eigenvalue weighted by atomic mass is 9.98. The van der Waals surface area contributed by atoms with E-state index < -0.39 is 10.0 Å². The Balaban J connectivity index is 1.69. The van der Waals surface area contributed by atoms with Crippen LogP contribution in [0.2, 0.25) is 0 Å². The molecule has 2 rings (SSSR count). The molecule has 1 aromatic rings. The number of ether oxygens (including phenoxy) is 1. The molecule has 1 fully saturated rings. The average Bonchev–Trinajstić information content (AvgIpc) is 2.73. The summed E-state index contributed by atoms with van der Waals surface area (Å²) >= 11 is 0. The van der Waals surface area contributed by atoms with Gasteiger partial charge in [0, 0.05) is 46.4 Å². The van der Waals surface area contributed by atoms with Gasteiger partial charge in [-0.3, -0.25) is 4.99 Å². The van der Waals surface area contributed by atoms with Crippen LogP contribution in [0.5, 0.6) is 0 Å². The van der Waals surface area contributed by atoms with Crippen molar-refractivity contribution in [1.29, 1.82) is 0 Å². The highest BCUT2D eigenvalue weighted by molar-refractivity contribution is 7.89. The van der Waals surface area contributed by atoms with Crippen LogP contribution in [-0.4, -0.2) is 65.1 Å². The number of sulfonamides is 1. The normalized spacial score (nSPS) is 16.9. The smallest absolute Gasteiger partial charge is 0.243 e. The Kier molecular flexibility index (Phi) is 9.73. The maximum absolute atomic E-state index is 12.7. The topological polar surface area (TPSA) is 83.0 Å². The van der Waals surface area contributed by atoms with E-state index in [1.165, 1.54) is 0 Å². The number of benzene rings is 1. The second kappa shape index (κ2) is 12.0. The van der Waals surface area contributed by atoms with Gasteiger partial charge in [0.25, 0.3) is 0 Å². The second-order valence-electron chi connectivity index (χ2n) is 6.94. The van der Waals surface area contributed by atoms with Gasteiger partial charge in [0.1, 0.15) is 0 Å². The minimum absolute atomic E-state index is 0.375. The monoisotopic (exact) mass is 410 g/mol. The van der Waals surface area contributed by atoms with Crippen molar-refractivity contribution in [2.75, 3.05) is 46.4 Å². The third kappa shape index (κ3) is 7.07. The van der Waals surface area contributed by atoms with Gasteiger partial charge in [0.2, 0.25) is 10.0 Å². The quantitative estimate of drug-likeness (QED) is 0.351. The molecule has 0 unspecified atom stereocenters. The summed E-state index contributed by atoms with van der Waals surface area (Å²) in [5, 5.41) is 6.68. The Morgan fingerprint density at radius 2 is 1.89 bits per heavy atom. The van der Waals surface area contributed by atoms with Crippen LogP contribution in [0.3, 0.4) is 0 Å². The Hall–Kier alpha value is -1.64. The van der Waals surface area contributed by atoms with Crippen molar-refractivity contribution in [2.45, 2.75) is 37.5 Å². The van der Waals surface area contributed by atoms with E-state index in [-0.39, 0.29) is 0 Å². The Labute approximate surface area is 169 Å². The van der Waals surface area contributed by atoms with Crippen molar-refractivity contribution in [2.24, 2.45) is 10.9 Å². The van der Waals surface area contributed by atoms with Gasteiger partial charge in [0.05, 0.1) is 4.90 Å². The van der Waals surface area contributed by atoms with Crippen molar-refractivity contribution < 1.29 is 13.2 Å². The molecule has 1 aliphatic rings. The first-order valence-corrected chi connectivity index (χ1v) is 11.6. The molecule has 28 heavy (non-hydrogen) atoms. The molecule has 2 N–H and O–H groups in total. The molecule has 1 heterocycles. The molecular weight excluding hydrogens is 376 g/mol. The van der Waals surface area contributed by atoms with E-state index in [0.29, 0.717) is 23.9 Å². The zero-order chi connectivity index (χ0) is 20.2. The molecule has 1 saturated heterocycles. The molecule has 0 bridgehead atoms. The van der Waals surface area contributed by atoms with Gasteiger partial charge in [-0.05, 0) is 50.7 Å². The molecule has 0 radical (unpaired) electrons. The number of rotatable bonds is 10. The summed E-state index contributed by atoms with van der Waals surface area (Å²) < 4.78 is 32.3. The Morgan fingerprint density at radius 3 is 2.54 bits per heavy atom. The Morgan fingerprint density at radius 1 is 1.18 bits per heavy atom. The van der Waals surface area contributed by atoms with Crippen LogP contribution in [0.4, 0.5) is 0 Å². The summed E-state index contributed by atoms with van der Waals surface area (Å²) in [5.74, 6) is 1.24. The molecule has 0 amide bonds. The van der Waals surface area contributed by atoms with Gasteiger partial charge in [-0.15, -0.1) is 0 Å². The number of nitrogens with zero attached hydrogens (tertiary/aromatic N) is 2. The van der Waals surface area contributed by atoms with E-state index in [9.17, 15) is 8.42 Å². The fraction of sp³-hybridized carbons (Fsp3) is 0.650. The average molecular weight is 411 g/mol. The molecule has 158 valence electrons. The molecule has 8 heteroatoms. The number of hydrogen-bond donors (Lipinski definition) is 2. The van der Waals surface area contributed by atoms with E-state index >= 15 is 0 Å². The summed E-state index contributed by atoms with van der Waals surface area (Å²) in [5.41, 5.74) is 0. The fourth-order valence-corrected chi connectivity index (χ4v) is 4.73. The zero-order valence-corrected chi connectivity index (χ0v) is 17.9. The van der Waals surface area contributed by atoms with E-state index in [0.717, 1.165) is 57.9 Å². The third-order valence-corrected chi connectivity index (χ3v) is 6.86. The number of piperidine rings is 1. The number of nitrogens with one attached hydrogen (secondary N) is 2. The maximum atomic E-state index is 12.7. The van der Waals surface area contributed by atoms with Crippen LogP contribution in [0, 0.1) is 5.92 Å². The lowest BCUT2D eigenvalue weighted by Crippen LogP contribution is -2.44. The van der Waals surface area contributed by atoms with Crippen LogP contribution in [0.1, 0.15) is 32.6 Å². The van der Waals surface area contributed by atoms with E-state index in [1.54, 1.807) is 35.6 Å². The summed E-state index contributed by atoms with van der Waals surface area (Å²) in [4.78, 5) is 4.63. The van der Waals surface area contributed by atoms with E-state index in [2.05, 4.69) is 15.6 Å². The van der Waals surface area contributed by atoms with Crippen molar-refractivity contribution in [3.8, 4) is 0 Å². The Bertz CT molecular complexity index is 687. The highest BCUT2D eigenvalue weighted by Gasteiger charge is 2.29. The van der Waals surface area contributed by atoms with Crippen LogP contribution < -0.4 is 10.6 Å². The van der Waals surface area contributed by atoms with E-state index in [4.69, 9.17) is 4.74 Å². The van der Waals surface area contributed by atoms with Crippen LogP contribution in [-0.2, 0) is 14.8 Å². The predicted octanol–water partition coefficient (Wildman–Crippen LogP) is 2.07. The van der Waals surface area contributed by atoms with Crippen molar-refractivity contribution in [1.82, 2.24) is 14.9 Å². The summed E-state index contributed by atoms with van der Waals surface area (Å²) in [6, 6.07) is 8.68. The lowest BCUT2D eigenvalue weighted by Gasteiger charge is -2.31. The van der Waals surface area contributed by atoms with Crippen LogP contribution >= 0.6 is 0 Å². The van der Waals surface area contributed by atoms with Gasteiger partial charge < -0.3 is 15.4 Å². The first-order chi connectivity index (χ1) is 13.6. The lowest BCUT2D eigenvalue weighted by molar-refractivity contribution is 0.143. The molecule has 0 saturated carbocycles. The van der Waals surface area contributed by atoms with Gasteiger partial charge >= 0.3 is 0 Å². The fourth-order valence-electron chi connectivity index (χ4n) is 3.24. The molecule has 1 aromatic carbocycles. The van der Waals surface area contributed by atoms with Crippen molar-refractivity contribution >= 4 is 16.0 Å². The number of hydrogen-bond acceptors (Lipinski definition) is 4. The number of unbranched alkanes of at least 4 members (excludes halogenated alkanes) is 1. The molecule has 0 aromatic heterocycles. The van der Waals surface area contributed by atoms with Gasteiger partial charge in [-0.2, -0.15) is 4.31 Å². The number of aliphatic imine (C=N–C) groups is 1. The largest absolute Gasteiger partial charge is 0.382 e. The van der Waals surface area contributed by atoms with Crippen molar-refractivity contribution in [3.63, 3.8) is 0 Å². The van der Waals surface area contributed by atoms with Crippen LogP contribution in [0.15, 0.2) is 40.2 Å². The molecular formula is C20H34N4O3S. The minimum Gasteiger partial charge on any atom is -0.382 e. The van der Waals surface area contributed by atoms with Gasteiger partial charge in [0.15, 0.2) is 5.96 Å². The first-order valence-electron chi connectivity index (χ1n) is 10.2. The molecule has 1 aliphatic heterocycles. The van der Waals surface area contributed by atoms with Crippen LogP contribution in [0.25, 0.3) is 0 Å².